The van der Waals surface area contributed by atoms with E-state index in [-0.39, 0.29) is 17.6 Å². The second-order valence-corrected chi connectivity index (χ2v) is 6.61. The van der Waals surface area contributed by atoms with Gasteiger partial charge in [0.05, 0.1) is 6.42 Å². The fourth-order valence-electron chi connectivity index (χ4n) is 1.97. The van der Waals surface area contributed by atoms with Crippen LogP contribution in [0.2, 0.25) is 0 Å². The van der Waals surface area contributed by atoms with Gasteiger partial charge in [0.15, 0.2) is 5.78 Å². The zero-order valence-electron chi connectivity index (χ0n) is 12.3. The molecule has 3 heteroatoms. The summed E-state index contributed by atoms with van der Waals surface area (Å²) in [5.41, 5.74) is 0.882. The first-order valence-corrected chi connectivity index (χ1v) is 6.41. The lowest BCUT2D eigenvalue weighted by molar-refractivity contribution is -0.138. The Morgan fingerprint density at radius 1 is 1.00 bits per heavy atom. The molecule has 19 heavy (non-hydrogen) atoms. The number of hydrogen-bond donors (Lipinski definition) is 1. The van der Waals surface area contributed by atoms with Gasteiger partial charge in [-0.05, 0) is 11.0 Å². The minimum Gasteiger partial charge on any atom is -0.481 e. The summed E-state index contributed by atoms with van der Waals surface area (Å²) in [5, 5.41) is 8.84. The van der Waals surface area contributed by atoms with E-state index in [4.69, 9.17) is 5.11 Å². The number of Topliss-reactive ketones (excluding diaryl/α,β-unsaturated/α-hetero) is 1. The Morgan fingerprint density at radius 3 is 1.84 bits per heavy atom. The quantitative estimate of drug-likeness (QED) is 0.842. The van der Waals surface area contributed by atoms with Crippen molar-refractivity contribution in [3.05, 3.63) is 35.4 Å². The highest BCUT2D eigenvalue weighted by molar-refractivity contribution is 6.01. The number of aliphatic carboxylic acids is 1. The van der Waals surface area contributed by atoms with Gasteiger partial charge in [-0.25, -0.2) is 0 Å². The first-order chi connectivity index (χ1) is 8.54. The zero-order valence-corrected chi connectivity index (χ0v) is 12.3. The molecule has 0 aliphatic carbocycles. The van der Waals surface area contributed by atoms with Gasteiger partial charge in [-0.1, -0.05) is 58.9 Å². The van der Waals surface area contributed by atoms with Gasteiger partial charge in [-0.15, -0.1) is 0 Å². The molecule has 0 unspecified atom stereocenters. The average Bonchev–Trinajstić information content (AvgIpc) is 2.25. The Morgan fingerprint density at radius 2 is 1.47 bits per heavy atom. The number of carbonyl (C=O) groups excluding carboxylic acids is 1. The smallest absolute Gasteiger partial charge is 0.304 e. The van der Waals surface area contributed by atoms with Crippen LogP contribution in [0.4, 0.5) is 0 Å². The maximum atomic E-state index is 12.3. The molecule has 0 aliphatic heterocycles. The molecule has 0 heterocycles. The third kappa shape index (κ3) is 3.91. The van der Waals surface area contributed by atoms with Crippen LogP contribution in [0.25, 0.3) is 0 Å². The molecule has 3 nitrogen and oxygen atoms in total. The van der Waals surface area contributed by atoms with Crippen molar-refractivity contribution >= 4 is 11.8 Å². The summed E-state index contributed by atoms with van der Waals surface area (Å²) in [7, 11) is 0. The van der Waals surface area contributed by atoms with Crippen molar-refractivity contribution in [2.45, 2.75) is 46.5 Å². The lowest BCUT2D eigenvalue weighted by atomic mass is 9.80. The van der Waals surface area contributed by atoms with Crippen molar-refractivity contribution in [1.29, 1.82) is 0 Å². The lowest BCUT2D eigenvalue weighted by Gasteiger charge is -2.22. The van der Waals surface area contributed by atoms with Gasteiger partial charge in [-0.3, -0.25) is 9.59 Å². The molecule has 0 spiro atoms. The molecular weight excluding hydrogens is 240 g/mol. The number of ketones is 1. The van der Waals surface area contributed by atoms with Crippen molar-refractivity contribution in [1.82, 2.24) is 0 Å². The SMILES string of the molecule is CC(C)(CC(=O)O)C(=O)c1ccc(C(C)(C)C)cc1. The summed E-state index contributed by atoms with van der Waals surface area (Å²) >= 11 is 0. The van der Waals surface area contributed by atoms with E-state index in [1.54, 1.807) is 26.0 Å². The van der Waals surface area contributed by atoms with Crippen LogP contribution in [-0.4, -0.2) is 16.9 Å². The lowest BCUT2D eigenvalue weighted by Crippen LogP contribution is -2.27. The Labute approximate surface area is 114 Å². The predicted octanol–water partition coefficient (Wildman–Crippen LogP) is 3.67. The summed E-state index contributed by atoms with van der Waals surface area (Å²) < 4.78 is 0. The van der Waals surface area contributed by atoms with Gasteiger partial charge >= 0.3 is 5.97 Å². The maximum Gasteiger partial charge on any atom is 0.304 e. The summed E-state index contributed by atoms with van der Waals surface area (Å²) in [6, 6.07) is 7.44. The highest BCUT2D eigenvalue weighted by Crippen LogP contribution is 2.28. The molecule has 1 aromatic carbocycles. The standard InChI is InChI=1S/C16H22O3/c1-15(2,3)12-8-6-11(7-9-12)14(19)16(4,5)10-13(17)18/h6-9H,10H2,1-5H3,(H,17,18). The second kappa shape index (κ2) is 5.16. The largest absolute Gasteiger partial charge is 0.481 e. The van der Waals surface area contributed by atoms with Crippen molar-refractivity contribution in [3.8, 4) is 0 Å². The highest BCUT2D eigenvalue weighted by Gasteiger charge is 2.31. The molecule has 0 aromatic heterocycles. The molecule has 0 aliphatic rings. The number of rotatable bonds is 4. The number of hydrogen-bond acceptors (Lipinski definition) is 2. The summed E-state index contributed by atoms with van der Waals surface area (Å²) in [6.07, 6.45) is -0.160. The average molecular weight is 262 g/mol. The molecule has 104 valence electrons. The number of benzene rings is 1. The van der Waals surface area contributed by atoms with Gasteiger partial charge in [0.1, 0.15) is 0 Å². The monoisotopic (exact) mass is 262 g/mol. The molecule has 0 saturated carbocycles. The van der Waals surface area contributed by atoms with Gasteiger partial charge in [-0.2, -0.15) is 0 Å². The van der Waals surface area contributed by atoms with Crippen molar-refractivity contribution in [2.24, 2.45) is 5.41 Å². The molecule has 1 aromatic rings. The van der Waals surface area contributed by atoms with Crippen LogP contribution in [-0.2, 0) is 10.2 Å². The van der Waals surface area contributed by atoms with Gasteiger partial charge in [0, 0.05) is 11.0 Å². The minimum absolute atomic E-state index is 0.0398. The summed E-state index contributed by atoms with van der Waals surface area (Å²) in [5.74, 6) is -1.08. The molecule has 0 radical (unpaired) electrons. The minimum atomic E-state index is -0.954. The van der Waals surface area contributed by atoms with Crippen LogP contribution in [0.1, 0.15) is 57.0 Å². The molecular formula is C16H22O3. The maximum absolute atomic E-state index is 12.3. The van der Waals surface area contributed by atoms with E-state index in [1.165, 1.54) is 0 Å². The van der Waals surface area contributed by atoms with Crippen LogP contribution in [0.15, 0.2) is 24.3 Å². The molecule has 0 fully saturated rings. The van der Waals surface area contributed by atoms with E-state index in [0.29, 0.717) is 5.56 Å². The third-order valence-corrected chi connectivity index (χ3v) is 3.22. The predicted molar refractivity (Wildman–Crippen MR) is 75.5 cm³/mol. The summed E-state index contributed by atoms with van der Waals surface area (Å²) in [6.45, 7) is 9.66. The van der Waals surface area contributed by atoms with E-state index in [0.717, 1.165) is 5.56 Å². The first-order valence-electron chi connectivity index (χ1n) is 6.41. The molecule has 0 bridgehead atoms. The number of carboxylic acids is 1. The molecule has 1 N–H and O–H groups in total. The van der Waals surface area contributed by atoms with Crippen molar-refractivity contribution in [3.63, 3.8) is 0 Å². The van der Waals surface area contributed by atoms with Gasteiger partial charge < -0.3 is 5.11 Å². The molecule has 1 rings (SSSR count). The van der Waals surface area contributed by atoms with E-state index >= 15 is 0 Å². The van der Waals surface area contributed by atoms with Crippen molar-refractivity contribution < 1.29 is 14.7 Å². The molecule has 0 amide bonds. The van der Waals surface area contributed by atoms with Crippen LogP contribution < -0.4 is 0 Å². The van der Waals surface area contributed by atoms with E-state index in [2.05, 4.69) is 20.8 Å². The highest BCUT2D eigenvalue weighted by atomic mass is 16.4. The second-order valence-electron chi connectivity index (χ2n) is 6.61. The van der Waals surface area contributed by atoms with E-state index in [1.807, 2.05) is 12.1 Å². The molecule has 0 saturated heterocycles. The normalized spacial score (nSPS) is 12.3. The fraction of sp³-hybridized carbons (Fsp3) is 0.500. The van der Waals surface area contributed by atoms with Crippen LogP contribution in [0.5, 0.6) is 0 Å². The number of carbonyl (C=O) groups is 2. The van der Waals surface area contributed by atoms with Crippen LogP contribution in [0.3, 0.4) is 0 Å². The zero-order chi connectivity index (χ0) is 14.8. The Hall–Kier alpha value is -1.64. The fourth-order valence-corrected chi connectivity index (χ4v) is 1.97. The van der Waals surface area contributed by atoms with Crippen LogP contribution >= 0.6 is 0 Å². The van der Waals surface area contributed by atoms with E-state index < -0.39 is 11.4 Å². The Kier molecular flexibility index (Phi) is 4.18. The first kappa shape index (κ1) is 15.4. The Bertz CT molecular complexity index is 476. The van der Waals surface area contributed by atoms with Gasteiger partial charge in [0.2, 0.25) is 0 Å². The number of carboxylic acid groups (broad SMARTS) is 1. The Balaban J connectivity index is 2.99. The van der Waals surface area contributed by atoms with Crippen LogP contribution in [0, 0.1) is 5.41 Å². The summed E-state index contributed by atoms with van der Waals surface area (Å²) in [4.78, 5) is 23.1. The topological polar surface area (TPSA) is 54.4 Å². The van der Waals surface area contributed by atoms with Gasteiger partial charge in [0.25, 0.3) is 0 Å². The van der Waals surface area contributed by atoms with E-state index in [9.17, 15) is 9.59 Å². The van der Waals surface area contributed by atoms with Crippen molar-refractivity contribution in [2.75, 3.05) is 0 Å². The molecule has 0 atom stereocenters. The third-order valence-electron chi connectivity index (χ3n) is 3.22.